The van der Waals surface area contributed by atoms with Crippen molar-refractivity contribution in [1.29, 1.82) is 0 Å². The van der Waals surface area contributed by atoms with Crippen molar-refractivity contribution in [2.24, 2.45) is 11.3 Å². The first-order chi connectivity index (χ1) is 8.19. The minimum absolute atomic E-state index is 0.232. The van der Waals surface area contributed by atoms with Gasteiger partial charge in [-0.1, -0.05) is 31.9 Å². The molecule has 0 aliphatic heterocycles. The molecule has 1 fully saturated rings. The van der Waals surface area contributed by atoms with Crippen molar-refractivity contribution in [3.8, 4) is 5.75 Å². The van der Waals surface area contributed by atoms with Crippen molar-refractivity contribution >= 4 is 0 Å². The van der Waals surface area contributed by atoms with Crippen LogP contribution in [0.2, 0.25) is 0 Å². The SMILES string of the molecule is COc1ccc(C(NN)C2(C)CCCC2)cc1. The van der Waals surface area contributed by atoms with Crippen LogP contribution in [-0.4, -0.2) is 7.11 Å². The number of rotatable bonds is 4. The van der Waals surface area contributed by atoms with Gasteiger partial charge in [-0.2, -0.15) is 0 Å². The molecule has 94 valence electrons. The van der Waals surface area contributed by atoms with E-state index in [-0.39, 0.29) is 11.5 Å². The Labute approximate surface area is 103 Å². The summed E-state index contributed by atoms with van der Waals surface area (Å²) in [6, 6.07) is 8.44. The van der Waals surface area contributed by atoms with Crippen LogP contribution in [0.4, 0.5) is 0 Å². The van der Waals surface area contributed by atoms with Gasteiger partial charge in [0.15, 0.2) is 0 Å². The van der Waals surface area contributed by atoms with E-state index in [1.165, 1.54) is 31.2 Å². The first kappa shape index (κ1) is 12.4. The van der Waals surface area contributed by atoms with Crippen LogP contribution in [0.1, 0.15) is 44.2 Å². The largest absolute Gasteiger partial charge is 0.497 e. The lowest BCUT2D eigenvalue weighted by atomic mass is 9.77. The lowest BCUT2D eigenvalue weighted by molar-refractivity contribution is 0.225. The molecule has 0 bridgehead atoms. The molecule has 17 heavy (non-hydrogen) atoms. The lowest BCUT2D eigenvalue weighted by Gasteiger charge is -2.34. The number of benzene rings is 1. The summed E-state index contributed by atoms with van der Waals surface area (Å²) in [4.78, 5) is 0. The summed E-state index contributed by atoms with van der Waals surface area (Å²) >= 11 is 0. The minimum atomic E-state index is 0.232. The molecular formula is C14H22N2O. The average molecular weight is 234 g/mol. The molecule has 0 saturated heterocycles. The number of nitrogens with two attached hydrogens (primary N) is 1. The van der Waals surface area contributed by atoms with Gasteiger partial charge in [0.05, 0.1) is 13.2 Å². The Bertz CT molecular complexity index is 355. The third-order valence-electron chi connectivity index (χ3n) is 4.06. The maximum Gasteiger partial charge on any atom is 0.118 e. The highest BCUT2D eigenvalue weighted by Crippen LogP contribution is 2.46. The van der Waals surface area contributed by atoms with Crippen LogP contribution in [0, 0.1) is 5.41 Å². The molecule has 3 N–H and O–H groups in total. The Balaban J connectivity index is 2.22. The maximum atomic E-state index is 5.76. The first-order valence-corrected chi connectivity index (χ1v) is 6.30. The van der Waals surface area contributed by atoms with Gasteiger partial charge in [0, 0.05) is 0 Å². The zero-order valence-electron chi connectivity index (χ0n) is 10.7. The van der Waals surface area contributed by atoms with E-state index in [2.05, 4.69) is 24.5 Å². The van der Waals surface area contributed by atoms with E-state index in [4.69, 9.17) is 10.6 Å². The van der Waals surface area contributed by atoms with Crippen LogP contribution in [-0.2, 0) is 0 Å². The van der Waals surface area contributed by atoms with Crippen LogP contribution >= 0.6 is 0 Å². The van der Waals surface area contributed by atoms with E-state index in [0.717, 1.165) is 5.75 Å². The highest BCUT2D eigenvalue weighted by Gasteiger charge is 2.37. The second-order valence-corrected chi connectivity index (χ2v) is 5.23. The number of ether oxygens (including phenoxy) is 1. The van der Waals surface area contributed by atoms with Crippen molar-refractivity contribution in [2.45, 2.75) is 38.6 Å². The fourth-order valence-corrected chi connectivity index (χ4v) is 2.97. The Hall–Kier alpha value is -1.06. The van der Waals surface area contributed by atoms with Crippen LogP contribution in [0.5, 0.6) is 5.75 Å². The number of hydrazine groups is 1. The molecule has 1 saturated carbocycles. The molecule has 1 aliphatic rings. The van der Waals surface area contributed by atoms with Gasteiger partial charge in [0.1, 0.15) is 5.75 Å². The molecule has 1 aromatic rings. The quantitative estimate of drug-likeness (QED) is 0.622. The number of hydrogen-bond donors (Lipinski definition) is 2. The predicted octanol–water partition coefficient (Wildman–Crippen LogP) is 2.78. The number of hydrogen-bond acceptors (Lipinski definition) is 3. The van der Waals surface area contributed by atoms with Crippen molar-refractivity contribution in [1.82, 2.24) is 5.43 Å². The molecule has 3 nitrogen and oxygen atoms in total. The van der Waals surface area contributed by atoms with Crippen LogP contribution in [0.15, 0.2) is 24.3 Å². The summed E-state index contributed by atoms with van der Waals surface area (Å²) in [5, 5.41) is 0. The zero-order valence-corrected chi connectivity index (χ0v) is 10.7. The molecule has 0 aromatic heterocycles. The normalized spacial score (nSPS) is 20.2. The van der Waals surface area contributed by atoms with Gasteiger partial charge < -0.3 is 4.74 Å². The summed E-state index contributed by atoms with van der Waals surface area (Å²) in [6.07, 6.45) is 5.11. The van der Waals surface area contributed by atoms with E-state index in [1.54, 1.807) is 7.11 Å². The fourth-order valence-electron chi connectivity index (χ4n) is 2.97. The summed E-state index contributed by atoms with van der Waals surface area (Å²) in [6.45, 7) is 2.33. The molecule has 0 spiro atoms. The second-order valence-electron chi connectivity index (χ2n) is 5.23. The number of nitrogens with one attached hydrogen (secondary N) is 1. The van der Waals surface area contributed by atoms with E-state index in [1.807, 2.05) is 12.1 Å². The monoisotopic (exact) mass is 234 g/mol. The molecule has 1 atom stereocenters. The Morgan fingerprint density at radius 2 is 1.82 bits per heavy atom. The second kappa shape index (κ2) is 5.07. The Kier molecular flexibility index (Phi) is 3.69. The summed E-state index contributed by atoms with van der Waals surface area (Å²) in [5.74, 6) is 6.65. The lowest BCUT2D eigenvalue weighted by Crippen LogP contribution is -2.38. The van der Waals surface area contributed by atoms with E-state index in [0.29, 0.717) is 0 Å². The molecule has 1 unspecified atom stereocenters. The van der Waals surface area contributed by atoms with E-state index >= 15 is 0 Å². The van der Waals surface area contributed by atoms with Gasteiger partial charge in [-0.15, -0.1) is 0 Å². The van der Waals surface area contributed by atoms with Gasteiger partial charge in [-0.3, -0.25) is 11.3 Å². The fraction of sp³-hybridized carbons (Fsp3) is 0.571. The van der Waals surface area contributed by atoms with Crippen molar-refractivity contribution in [3.63, 3.8) is 0 Å². The van der Waals surface area contributed by atoms with E-state index in [9.17, 15) is 0 Å². The summed E-state index contributed by atoms with van der Waals surface area (Å²) in [7, 11) is 1.69. The third kappa shape index (κ3) is 2.45. The predicted molar refractivity (Wildman–Crippen MR) is 69.6 cm³/mol. The van der Waals surface area contributed by atoms with Gasteiger partial charge in [0.25, 0.3) is 0 Å². The molecule has 1 aromatic carbocycles. The van der Waals surface area contributed by atoms with Crippen LogP contribution < -0.4 is 16.0 Å². The number of methoxy groups -OCH3 is 1. The first-order valence-electron chi connectivity index (χ1n) is 6.30. The van der Waals surface area contributed by atoms with Gasteiger partial charge >= 0.3 is 0 Å². The topological polar surface area (TPSA) is 47.3 Å². The van der Waals surface area contributed by atoms with Crippen LogP contribution in [0.3, 0.4) is 0 Å². The van der Waals surface area contributed by atoms with Gasteiger partial charge in [-0.25, -0.2) is 0 Å². The summed E-state index contributed by atoms with van der Waals surface area (Å²) < 4.78 is 5.18. The van der Waals surface area contributed by atoms with Crippen molar-refractivity contribution in [2.75, 3.05) is 7.11 Å². The maximum absolute atomic E-state index is 5.76. The van der Waals surface area contributed by atoms with Crippen LogP contribution in [0.25, 0.3) is 0 Å². The average Bonchev–Trinajstić information content (AvgIpc) is 2.78. The molecule has 3 heteroatoms. The molecule has 0 amide bonds. The standard InChI is InChI=1S/C14H22N2O/c1-14(9-3-4-10-14)13(16-15)11-5-7-12(17-2)8-6-11/h5-8,13,16H,3-4,9-10,15H2,1-2H3. The molecule has 0 heterocycles. The van der Waals surface area contributed by atoms with Crippen molar-refractivity contribution in [3.05, 3.63) is 29.8 Å². The molecule has 0 radical (unpaired) electrons. The smallest absolute Gasteiger partial charge is 0.118 e. The Morgan fingerprint density at radius 3 is 2.29 bits per heavy atom. The molecule has 1 aliphatic carbocycles. The van der Waals surface area contributed by atoms with Gasteiger partial charge in [0.2, 0.25) is 0 Å². The van der Waals surface area contributed by atoms with E-state index < -0.39 is 0 Å². The molecule has 2 rings (SSSR count). The van der Waals surface area contributed by atoms with Crippen molar-refractivity contribution < 1.29 is 4.74 Å². The Morgan fingerprint density at radius 1 is 1.24 bits per heavy atom. The highest BCUT2D eigenvalue weighted by molar-refractivity contribution is 5.30. The van der Waals surface area contributed by atoms with Gasteiger partial charge in [-0.05, 0) is 36.0 Å². The third-order valence-corrected chi connectivity index (χ3v) is 4.06. The molecular weight excluding hydrogens is 212 g/mol. The minimum Gasteiger partial charge on any atom is -0.497 e. The highest BCUT2D eigenvalue weighted by atomic mass is 16.5. The zero-order chi connectivity index (χ0) is 12.3. The summed E-state index contributed by atoms with van der Waals surface area (Å²) in [5.41, 5.74) is 4.53.